The van der Waals surface area contributed by atoms with Crippen LogP contribution in [0.15, 0.2) is 51.7 Å². The quantitative estimate of drug-likeness (QED) is 0.582. The van der Waals surface area contributed by atoms with Crippen molar-refractivity contribution in [3.63, 3.8) is 0 Å². The van der Waals surface area contributed by atoms with E-state index in [1.165, 1.54) is 12.1 Å². The second-order valence-electron chi connectivity index (χ2n) is 6.21. The van der Waals surface area contributed by atoms with Gasteiger partial charge < -0.3 is 9.15 Å². The molecule has 1 heterocycles. The molecule has 25 heavy (non-hydrogen) atoms. The molecule has 0 bridgehead atoms. The number of ether oxygens (including phenoxy) is 1. The number of halogens is 1. The highest BCUT2D eigenvalue weighted by molar-refractivity contribution is 5.87. The summed E-state index contributed by atoms with van der Waals surface area (Å²) in [6.45, 7) is 4.14. The molecule has 0 radical (unpaired) electrons. The molecule has 0 aliphatic heterocycles. The number of fused-ring (bicyclic) bond motifs is 1. The molecular formula is C21H21FO3. The minimum atomic E-state index is -0.357. The Hall–Kier alpha value is -2.62. The van der Waals surface area contributed by atoms with Crippen LogP contribution in [0, 0.1) is 12.7 Å². The molecular weight excluding hydrogens is 319 g/mol. The van der Waals surface area contributed by atoms with Crippen LogP contribution in [0.3, 0.4) is 0 Å². The lowest BCUT2D eigenvalue weighted by Gasteiger charge is -2.13. The molecule has 0 spiro atoms. The molecule has 0 saturated carbocycles. The van der Waals surface area contributed by atoms with Crippen molar-refractivity contribution >= 4 is 11.0 Å². The molecule has 3 nitrogen and oxygen atoms in total. The van der Waals surface area contributed by atoms with Crippen LogP contribution >= 0.6 is 0 Å². The monoisotopic (exact) mass is 340 g/mol. The van der Waals surface area contributed by atoms with E-state index in [1.54, 1.807) is 18.2 Å². The molecule has 0 unspecified atom stereocenters. The molecule has 1 aromatic heterocycles. The Morgan fingerprint density at radius 2 is 1.92 bits per heavy atom. The van der Waals surface area contributed by atoms with E-state index in [2.05, 4.69) is 6.92 Å². The Morgan fingerprint density at radius 1 is 1.12 bits per heavy atom. The number of aryl methyl sites for hydroxylation is 2. The van der Waals surface area contributed by atoms with E-state index in [9.17, 15) is 9.18 Å². The van der Waals surface area contributed by atoms with Crippen LogP contribution in [0.1, 0.15) is 36.5 Å². The van der Waals surface area contributed by atoms with Gasteiger partial charge in [0.1, 0.15) is 23.8 Å². The third-order valence-corrected chi connectivity index (χ3v) is 4.17. The molecule has 0 amide bonds. The van der Waals surface area contributed by atoms with Crippen molar-refractivity contribution in [1.82, 2.24) is 0 Å². The Kier molecular flexibility index (Phi) is 5.17. The highest BCUT2D eigenvalue weighted by Crippen LogP contribution is 2.31. The van der Waals surface area contributed by atoms with E-state index in [-0.39, 0.29) is 18.0 Å². The Morgan fingerprint density at radius 3 is 2.68 bits per heavy atom. The minimum absolute atomic E-state index is 0.123. The SMILES string of the molecule is CCCCc1cc(=O)oc2cc(C)cc(OCc3ccccc3F)c12. The summed E-state index contributed by atoms with van der Waals surface area (Å²) in [7, 11) is 0. The zero-order valence-corrected chi connectivity index (χ0v) is 14.5. The van der Waals surface area contributed by atoms with Crippen LogP contribution in [-0.4, -0.2) is 0 Å². The molecule has 0 aliphatic rings. The topological polar surface area (TPSA) is 39.4 Å². The molecule has 0 saturated heterocycles. The first-order chi connectivity index (χ1) is 12.1. The first-order valence-corrected chi connectivity index (χ1v) is 8.52. The van der Waals surface area contributed by atoms with Crippen molar-refractivity contribution in [3.8, 4) is 5.75 Å². The zero-order chi connectivity index (χ0) is 17.8. The summed E-state index contributed by atoms with van der Waals surface area (Å²) in [5.41, 5.74) is 2.49. The molecule has 0 aliphatic carbocycles. The van der Waals surface area contributed by atoms with Crippen LogP contribution in [-0.2, 0) is 13.0 Å². The van der Waals surface area contributed by atoms with Gasteiger partial charge in [-0.1, -0.05) is 31.5 Å². The predicted octanol–water partition coefficient (Wildman–Crippen LogP) is 5.16. The van der Waals surface area contributed by atoms with Crippen molar-refractivity contribution in [1.29, 1.82) is 0 Å². The Bertz CT molecular complexity index is 944. The average Bonchev–Trinajstić information content (AvgIpc) is 2.58. The summed E-state index contributed by atoms with van der Waals surface area (Å²) in [4.78, 5) is 11.9. The van der Waals surface area contributed by atoms with E-state index < -0.39 is 0 Å². The lowest BCUT2D eigenvalue weighted by molar-refractivity contribution is 0.302. The molecule has 130 valence electrons. The largest absolute Gasteiger partial charge is 0.488 e. The third-order valence-electron chi connectivity index (χ3n) is 4.17. The van der Waals surface area contributed by atoms with Gasteiger partial charge in [-0.15, -0.1) is 0 Å². The third kappa shape index (κ3) is 3.90. The summed E-state index contributed by atoms with van der Waals surface area (Å²) < 4.78 is 25.1. The van der Waals surface area contributed by atoms with Crippen molar-refractivity contribution in [3.05, 3.63) is 75.4 Å². The van der Waals surface area contributed by atoms with Gasteiger partial charge in [-0.25, -0.2) is 9.18 Å². The summed E-state index contributed by atoms with van der Waals surface area (Å²) >= 11 is 0. The maximum atomic E-state index is 13.8. The van der Waals surface area contributed by atoms with Crippen LogP contribution in [0.25, 0.3) is 11.0 Å². The highest BCUT2D eigenvalue weighted by Gasteiger charge is 2.13. The standard InChI is InChI=1S/C21H21FO3/c1-3-4-7-15-12-20(23)25-19-11-14(2)10-18(21(15)19)24-13-16-8-5-6-9-17(16)22/h5-6,8-12H,3-4,7,13H2,1-2H3. The van der Waals surface area contributed by atoms with Gasteiger partial charge in [-0.3, -0.25) is 0 Å². The number of rotatable bonds is 6. The summed E-state index contributed by atoms with van der Waals surface area (Å²) in [5, 5.41) is 0.801. The van der Waals surface area contributed by atoms with Gasteiger partial charge in [0.25, 0.3) is 0 Å². The first-order valence-electron chi connectivity index (χ1n) is 8.52. The number of unbranched alkanes of at least 4 members (excludes halogenated alkanes) is 1. The number of benzene rings is 2. The predicted molar refractivity (Wildman–Crippen MR) is 96.6 cm³/mol. The van der Waals surface area contributed by atoms with Crippen LogP contribution in [0.5, 0.6) is 5.75 Å². The fourth-order valence-corrected chi connectivity index (χ4v) is 2.92. The lowest BCUT2D eigenvalue weighted by Crippen LogP contribution is -2.04. The lowest BCUT2D eigenvalue weighted by atomic mass is 10.0. The second kappa shape index (κ2) is 7.51. The van der Waals surface area contributed by atoms with Gasteiger partial charge >= 0.3 is 5.63 Å². The van der Waals surface area contributed by atoms with E-state index in [0.717, 1.165) is 35.8 Å². The van der Waals surface area contributed by atoms with Crippen molar-refractivity contribution < 1.29 is 13.5 Å². The average molecular weight is 340 g/mol. The van der Waals surface area contributed by atoms with Gasteiger partial charge in [0, 0.05) is 11.6 Å². The molecule has 0 atom stereocenters. The summed E-state index contributed by atoms with van der Waals surface area (Å²) in [5.74, 6) is 0.324. The zero-order valence-electron chi connectivity index (χ0n) is 14.5. The van der Waals surface area contributed by atoms with Crippen LogP contribution in [0.4, 0.5) is 4.39 Å². The van der Waals surface area contributed by atoms with Crippen molar-refractivity contribution in [2.24, 2.45) is 0 Å². The molecule has 3 aromatic rings. The van der Waals surface area contributed by atoms with E-state index in [4.69, 9.17) is 9.15 Å². The minimum Gasteiger partial charge on any atom is -0.488 e. The molecule has 4 heteroatoms. The maximum absolute atomic E-state index is 13.8. The van der Waals surface area contributed by atoms with Crippen molar-refractivity contribution in [2.75, 3.05) is 0 Å². The molecule has 3 rings (SSSR count). The Balaban J connectivity index is 2.03. The Labute approximate surface area is 146 Å². The smallest absolute Gasteiger partial charge is 0.336 e. The van der Waals surface area contributed by atoms with E-state index in [0.29, 0.717) is 16.9 Å². The van der Waals surface area contributed by atoms with Crippen molar-refractivity contribution in [2.45, 2.75) is 39.7 Å². The molecule has 0 fully saturated rings. The van der Waals surface area contributed by atoms with Crippen LogP contribution < -0.4 is 10.4 Å². The number of hydrogen-bond donors (Lipinski definition) is 0. The summed E-state index contributed by atoms with van der Waals surface area (Å²) in [6.07, 6.45) is 2.77. The van der Waals surface area contributed by atoms with Gasteiger partial charge in [-0.2, -0.15) is 0 Å². The molecule has 0 N–H and O–H groups in total. The van der Waals surface area contributed by atoms with E-state index >= 15 is 0 Å². The second-order valence-corrected chi connectivity index (χ2v) is 6.21. The first kappa shape index (κ1) is 17.2. The fraction of sp³-hybridized carbons (Fsp3) is 0.286. The van der Waals surface area contributed by atoms with Gasteiger partial charge in [0.05, 0.1) is 5.39 Å². The molecule has 2 aromatic carbocycles. The van der Waals surface area contributed by atoms with Crippen LogP contribution in [0.2, 0.25) is 0 Å². The van der Waals surface area contributed by atoms with E-state index in [1.807, 2.05) is 19.1 Å². The summed E-state index contributed by atoms with van der Waals surface area (Å²) in [6, 6.07) is 11.8. The van der Waals surface area contributed by atoms with Gasteiger partial charge in [-0.05, 0) is 49.1 Å². The fourth-order valence-electron chi connectivity index (χ4n) is 2.92. The maximum Gasteiger partial charge on any atom is 0.336 e. The highest BCUT2D eigenvalue weighted by atomic mass is 19.1. The van der Waals surface area contributed by atoms with Gasteiger partial charge in [0.2, 0.25) is 0 Å². The van der Waals surface area contributed by atoms with Gasteiger partial charge in [0.15, 0.2) is 0 Å². The number of hydrogen-bond acceptors (Lipinski definition) is 3. The normalized spacial score (nSPS) is 11.0.